The summed E-state index contributed by atoms with van der Waals surface area (Å²) >= 11 is 0. The highest BCUT2D eigenvalue weighted by Gasteiger charge is 2.40. The Morgan fingerprint density at radius 1 is 1.05 bits per heavy atom. The fourth-order valence-corrected chi connectivity index (χ4v) is 3.64. The van der Waals surface area contributed by atoms with Crippen LogP contribution in [0.1, 0.15) is 87.4 Å². The molecule has 2 atom stereocenters. The van der Waals surface area contributed by atoms with Crippen LogP contribution >= 0.6 is 0 Å². The number of carbonyl (C=O) groups excluding carboxylic acids is 1. The molecule has 20 heavy (non-hydrogen) atoms. The molecule has 1 aliphatic rings. The Labute approximate surface area is 123 Å². The van der Waals surface area contributed by atoms with Crippen molar-refractivity contribution >= 4 is 5.78 Å². The first-order valence-electron chi connectivity index (χ1n) is 7.94. The Balaban J connectivity index is 2.73. The highest BCUT2D eigenvalue weighted by molar-refractivity contribution is 5.96. The van der Waals surface area contributed by atoms with E-state index in [1.54, 1.807) is 6.92 Å². The maximum atomic E-state index is 11.9. The molecule has 0 spiro atoms. The SMILES string of the molecule is CC[C@]1(C)CC[C@@](C)(CC)c2cc(C(C)=O)c(C)cc21. The van der Waals surface area contributed by atoms with Crippen molar-refractivity contribution in [1.29, 1.82) is 0 Å². The van der Waals surface area contributed by atoms with Gasteiger partial charge in [0.25, 0.3) is 0 Å². The summed E-state index contributed by atoms with van der Waals surface area (Å²) in [4.78, 5) is 11.9. The summed E-state index contributed by atoms with van der Waals surface area (Å²) in [5.41, 5.74) is 5.44. The Kier molecular flexibility index (Phi) is 3.83. The van der Waals surface area contributed by atoms with Crippen LogP contribution in [0.5, 0.6) is 0 Å². The minimum absolute atomic E-state index is 0.188. The van der Waals surface area contributed by atoms with Gasteiger partial charge in [-0.3, -0.25) is 4.79 Å². The molecule has 0 radical (unpaired) electrons. The molecule has 0 unspecified atom stereocenters. The van der Waals surface area contributed by atoms with Gasteiger partial charge in [0, 0.05) is 5.56 Å². The van der Waals surface area contributed by atoms with E-state index in [1.807, 2.05) is 0 Å². The number of rotatable bonds is 3. The third kappa shape index (κ3) is 2.21. The molecule has 0 fully saturated rings. The summed E-state index contributed by atoms with van der Waals surface area (Å²) in [6.07, 6.45) is 4.78. The maximum Gasteiger partial charge on any atom is 0.160 e. The van der Waals surface area contributed by atoms with Crippen LogP contribution in [-0.4, -0.2) is 5.78 Å². The first kappa shape index (κ1) is 15.3. The van der Waals surface area contributed by atoms with Crippen LogP contribution in [0.4, 0.5) is 0 Å². The van der Waals surface area contributed by atoms with Gasteiger partial charge in [-0.1, -0.05) is 33.8 Å². The highest BCUT2D eigenvalue weighted by Crippen LogP contribution is 2.49. The fraction of sp³-hybridized carbons (Fsp3) is 0.632. The monoisotopic (exact) mass is 272 g/mol. The summed E-state index contributed by atoms with van der Waals surface area (Å²) in [7, 11) is 0. The predicted octanol–water partition coefficient (Wildman–Crippen LogP) is 5.33. The Morgan fingerprint density at radius 2 is 1.50 bits per heavy atom. The summed E-state index contributed by atoms with van der Waals surface area (Å²) < 4.78 is 0. The Morgan fingerprint density at radius 3 is 1.90 bits per heavy atom. The van der Waals surface area contributed by atoms with Crippen LogP contribution < -0.4 is 0 Å². The number of fused-ring (bicyclic) bond motifs is 1. The van der Waals surface area contributed by atoms with E-state index in [-0.39, 0.29) is 16.6 Å². The number of carbonyl (C=O) groups is 1. The lowest BCUT2D eigenvalue weighted by atomic mass is 9.59. The van der Waals surface area contributed by atoms with E-state index in [1.165, 1.54) is 30.4 Å². The summed E-state index contributed by atoms with van der Waals surface area (Å²) in [5.74, 6) is 0.188. The quantitative estimate of drug-likeness (QED) is 0.680. The molecule has 0 heterocycles. The van der Waals surface area contributed by atoms with Crippen LogP contribution in [0.3, 0.4) is 0 Å². The molecular weight excluding hydrogens is 244 g/mol. The Bertz CT molecular complexity index is 543. The summed E-state index contributed by atoms with van der Waals surface area (Å²) in [5, 5.41) is 0. The second-order valence-corrected chi connectivity index (χ2v) is 7.10. The van der Waals surface area contributed by atoms with Gasteiger partial charge in [0.2, 0.25) is 0 Å². The largest absolute Gasteiger partial charge is 0.295 e. The zero-order valence-electron chi connectivity index (χ0n) is 13.9. The molecule has 110 valence electrons. The zero-order valence-corrected chi connectivity index (χ0v) is 13.9. The lowest BCUT2D eigenvalue weighted by Gasteiger charge is -2.45. The Hall–Kier alpha value is -1.11. The molecular formula is C19H28O. The van der Waals surface area contributed by atoms with Gasteiger partial charge >= 0.3 is 0 Å². The van der Waals surface area contributed by atoms with Crippen molar-refractivity contribution in [1.82, 2.24) is 0 Å². The second kappa shape index (κ2) is 5.02. The van der Waals surface area contributed by atoms with Crippen LogP contribution in [0, 0.1) is 6.92 Å². The van der Waals surface area contributed by atoms with Gasteiger partial charge in [0.15, 0.2) is 5.78 Å². The number of benzene rings is 1. The molecule has 0 aromatic heterocycles. The van der Waals surface area contributed by atoms with Crippen molar-refractivity contribution < 1.29 is 4.79 Å². The number of hydrogen-bond donors (Lipinski definition) is 0. The first-order chi connectivity index (χ1) is 9.27. The van der Waals surface area contributed by atoms with E-state index in [9.17, 15) is 4.79 Å². The van der Waals surface area contributed by atoms with Crippen molar-refractivity contribution in [3.8, 4) is 0 Å². The highest BCUT2D eigenvalue weighted by atomic mass is 16.1. The third-order valence-electron chi connectivity index (χ3n) is 5.83. The van der Waals surface area contributed by atoms with E-state index in [0.717, 1.165) is 17.5 Å². The molecule has 1 heteroatoms. The van der Waals surface area contributed by atoms with Crippen LogP contribution in [0.25, 0.3) is 0 Å². The lowest BCUT2D eigenvalue weighted by Crippen LogP contribution is -2.37. The molecule has 0 bridgehead atoms. The van der Waals surface area contributed by atoms with Crippen molar-refractivity contribution in [3.63, 3.8) is 0 Å². The van der Waals surface area contributed by atoms with Gasteiger partial charge in [0.05, 0.1) is 0 Å². The van der Waals surface area contributed by atoms with Crippen molar-refractivity contribution in [2.24, 2.45) is 0 Å². The average molecular weight is 272 g/mol. The number of aryl methyl sites for hydroxylation is 1. The van der Waals surface area contributed by atoms with Crippen LogP contribution in [-0.2, 0) is 10.8 Å². The molecule has 0 saturated heterocycles. The van der Waals surface area contributed by atoms with E-state index in [2.05, 4.69) is 46.8 Å². The van der Waals surface area contributed by atoms with Crippen LogP contribution in [0.15, 0.2) is 12.1 Å². The topological polar surface area (TPSA) is 17.1 Å². The van der Waals surface area contributed by atoms with E-state index in [0.29, 0.717) is 0 Å². The zero-order chi connectivity index (χ0) is 15.1. The smallest absolute Gasteiger partial charge is 0.160 e. The standard InChI is InChI=1S/C19H28O/c1-7-18(5)9-10-19(6,8-2)17-12-15(14(4)20)13(3)11-16(17)18/h11-12H,7-10H2,1-6H3/t18-,19-/m1/s1. The minimum Gasteiger partial charge on any atom is -0.295 e. The van der Waals surface area contributed by atoms with Gasteiger partial charge in [-0.2, -0.15) is 0 Å². The van der Waals surface area contributed by atoms with E-state index >= 15 is 0 Å². The third-order valence-corrected chi connectivity index (χ3v) is 5.83. The molecule has 1 aromatic rings. The molecule has 0 N–H and O–H groups in total. The van der Waals surface area contributed by atoms with Gasteiger partial charge in [-0.15, -0.1) is 0 Å². The maximum absolute atomic E-state index is 11.9. The molecule has 0 saturated carbocycles. The molecule has 1 nitrogen and oxygen atoms in total. The average Bonchev–Trinajstić information content (AvgIpc) is 2.42. The lowest BCUT2D eigenvalue weighted by molar-refractivity contribution is 0.101. The normalized spacial score (nSPS) is 29.1. The van der Waals surface area contributed by atoms with Crippen LogP contribution in [0.2, 0.25) is 0 Å². The number of Topliss-reactive ketones (excluding diaryl/α,β-unsaturated/α-hetero) is 1. The van der Waals surface area contributed by atoms with Gasteiger partial charge in [0.1, 0.15) is 0 Å². The summed E-state index contributed by atoms with van der Waals surface area (Å²) in [6.45, 7) is 13.1. The molecule has 1 aromatic carbocycles. The van der Waals surface area contributed by atoms with Crippen molar-refractivity contribution in [2.45, 2.75) is 78.1 Å². The number of ketones is 1. The van der Waals surface area contributed by atoms with Gasteiger partial charge < -0.3 is 0 Å². The van der Waals surface area contributed by atoms with E-state index in [4.69, 9.17) is 0 Å². The number of hydrogen-bond acceptors (Lipinski definition) is 1. The molecule has 0 amide bonds. The first-order valence-corrected chi connectivity index (χ1v) is 7.94. The molecule has 1 aliphatic carbocycles. The molecule has 0 aliphatic heterocycles. The molecule has 2 rings (SSSR count). The summed E-state index contributed by atoms with van der Waals surface area (Å²) in [6, 6.07) is 4.49. The minimum atomic E-state index is 0.188. The fourth-order valence-electron chi connectivity index (χ4n) is 3.64. The van der Waals surface area contributed by atoms with E-state index < -0.39 is 0 Å². The second-order valence-electron chi connectivity index (χ2n) is 7.10. The predicted molar refractivity (Wildman–Crippen MR) is 85.7 cm³/mol. The van der Waals surface area contributed by atoms with Gasteiger partial charge in [-0.05, 0) is 73.1 Å². The van der Waals surface area contributed by atoms with Gasteiger partial charge in [-0.25, -0.2) is 0 Å². The van der Waals surface area contributed by atoms with Crippen molar-refractivity contribution in [3.05, 3.63) is 34.4 Å². The van der Waals surface area contributed by atoms with Crippen molar-refractivity contribution in [2.75, 3.05) is 0 Å².